The minimum atomic E-state index is -3.13. The monoisotopic (exact) mass is 363 g/mol. The highest BCUT2D eigenvalue weighted by Crippen LogP contribution is 2.17. The largest absolute Gasteiger partial charge is 0.380 e. The second kappa shape index (κ2) is 9.70. The van der Waals surface area contributed by atoms with Crippen LogP contribution in [-0.4, -0.2) is 32.9 Å². The molecule has 5 heteroatoms. The fraction of sp³-hybridized carbons (Fsp3) is 0.400. The Morgan fingerprint density at radius 2 is 1.52 bits per heavy atom. The van der Waals surface area contributed by atoms with Gasteiger partial charge in [-0.2, -0.15) is 0 Å². The first kappa shape index (κ1) is 19.6. The van der Waals surface area contributed by atoms with E-state index in [1.165, 1.54) is 11.1 Å². The maximum absolute atomic E-state index is 11.4. The molecule has 2 aromatic carbocycles. The van der Waals surface area contributed by atoms with E-state index in [2.05, 4.69) is 53.3 Å². The van der Waals surface area contributed by atoms with Gasteiger partial charge in [0.15, 0.2) is 0 Å². The van der Waals surface area contributed by atoms with Crippen molar-refractivity contribution in [1.82, 2.24) is 4.72 Å². The van der Waals surface area contributed by atoms with Gasteiger partial charge in [-0.25, -0.2) is 13.1 Å². The van der Waals surface area contributed by atoms with Crippen molar-refractivity contribution in [3.8, 4) is 11.1 Å². The molecule has 1 heterocycles. The van der Waals surface area contributed by atoms with Gasteiger partial charge in [0.25, 0.3) is 0 Å². The molecule has 3 rings (SSSR count). The van der Waals surface area contributed by atoms with E-state index in [0.717, 1.165) is 19.4 Å². The van der Waals surface area contributed by atoms with Crippen molar-refractivity contribution < 1.29 is 14.6 Å². The van der Waals surface area contributed by atoms with E-state index in [1.54, 1.807) is 13.8 Å². The van der Waals surface area contributed by atoms with Crippen LogP contribution in [0.15, 0.2) is 60.7 Å². The molecule has 1 atom stereocenters. The highest BCUT2D eigenvalue weighted by atomic mass is 32.2. The van der Waals surface area contributed by atoms with Gasteiger partial charge < -0.3 is 4.74 Å². The standard InChI is InChI=1S/C12H10.C8H17NO3S.H2/c1-3-7-11(8-4-1)12-9-5-2-6-10-12;1-7(2)13(10,11)9-8-4-3-5-12-6-8;/h1-10H;7-9H,3-6H2,1-2H3;1H/t;8-;/m.0./s1. The van der Waals surface area contributed by atoms with Crippen LogP contribution >= 0.6 is 0 Å². The van der Waals surface area contributed by atoms with Crippen LogP contribution in [0.5, 0.6) is 0 Å². The fourth-order valence-electron chi connectivity index (χ4n) is 2.46. The Morgan fingerprint density at radius 3 is 1.92 bits per heavy atom. The Morgan fingerprint density at radius 1 is 1.00 bits per heavy atom. The smallest absolute Gasteiger partial charge is 0.214 e. The zero-order valence-electron chi connectivity index (χ0n) is 14.9. The molecule has 1 aliphatic rings. The Bertz CT molecular complexity index is 678. The maximum atomic E-state index is 11.4. The first-order valence-corrected chi connectivity index (χ1v) is 10.2. The quantitative estimate of drug-likeness (QED) is 0.890. The topological polar surface area (TPSA) is 55.4 Å². The molecule has 0 aromatic heterocycles. The van der Waals surface area contributed by atoms with E-state index < -0.39 is 10.0 Å². The number of rotatable bonds is 4. The van der Waals surface area contributed by atoms with Crippen LogP contribution in [0.2, 0.25) is 0 Å². The van der Waals surface area contributed by atoms with Crippen molar-refractivity contribution in [2.75, 3.05) is 13.2 Å². The van der Waals surface area contributed by atoms with E-state index in [0.29, 0.717) is 6.61 Å². The van der Waals surface area contributed by atoms with Crippen molar-refractivity contribution in [1.29, 1.82) is 0 Å². The van der Waals surface area contributed by atoms with E-state index in [-0.39, 0.29) is 12.7 Å². The van der Waals surface area contributed by atoms with E-state index in [4.69, 9.17) is 4.74 Å². The van der Waals surface area contributed by atoms with Crippen molar-refractivity contribution in [3.05, 3.63) is 60.7 Å². The average Bonchev–Trinajstić information content (AvgIpc) is 2.64. The third-order valence-corrected chi connectivity index (χ3v) is 5.90. The lowest BCUT2D eigenvalue weighted by Crippen LogP contribution is -2.43. The van der Waals surface area contributed by atoms with Crippen LogP contribution in [0.1, 0.15) is 28.1 Å². The maximum Gasteiger partial charge on any atom is 0.214 e. The molecule has 0 unspecified atom stereocenters. The van der Waals surface area contributed by atoms with Crippen molar-refractivity contribution >= 4 is 10.0 Å². The van der Waals surface area contributed by atoms with Crippen molar-refractivity contribution in [2.45, 2.75) is 38.0 Å². The summed E-state index contributed by atoms with van der Waals surface area (Å²) in [5.41, 5.74) is 2.55. The van der Waals surface area contributed by atoms with E-state index >= 15 is 0 Å². The molecular formula is C20H29NO3S. The van der Waals surface area contributed by atoms with Crippen LogP contribution in [0.3, 0.4) is 0 Å². The van der Waals surface area contributed by atoms with Crippen molar-refractivity contribution in [2.24, 2.45) is 0 Å². The van der Waals surface area contributed by atoms with E-state index in [9.17, 15) is 8.42 Å². The highest BCUT2D eigenvalue weighted by molar-refractivity contribution is 7.90. The third kappa shape index (κ3) is 6.61. The summed E-state index contributed by atoms with van der Waals surface area (Å²) in [7, 11) is -3.13. The third-order valence-electron chi connectivity index (χ3n) is 3.99. The number of ether oxygens (including phenoxy) is 1. The highest BCUT2D eigenvalue weighted by Gasteiger charge is 2.22. The lowest BCUT2D eigenvalue weighted by atomic mass is 10.1. The molecule has 1 fully saturated rings. The molecule has 1 saturated heterocycles. The molecule has 138 valence electrons. The van der Waals surface area contributed by atoms with Crippen LogP contribution in [-0.2, 0) is 14.8 Å². The number of hydrogen-bond donors (Lipinski definition) is 1. The van der Waals surface area contributed by atoms with Crippen LogP contribution in [0.4, 0.5) is 0 Å². The number of benzene rings is 2. The Balaban J connectivity index is 0.000000251. The Labute approximate surface area is 152 Å². The summed E-state index contributed by atoms with van der Waals surface area (Å²) in [6.07, 6.45) is 1.82. The van der Waals surface area contributed by atoms with Gasteiger partial charge in [0.05, 0.1) is 11.9 Å². The number of sulfonamides is 1. The number of hydrogen-bond acceptors (Lipinski definition) is 3. The van der Waals surface area contributed by atoms with Crippen LogP contribution in [0.25, 0.3) is 11.1 Å². The zero-order valence-corrected chi connectivity index (χ0v) is 15.7. The molecule has 1 aliphatic heterocycles. The SMILES string of the molecule is CC(C)S(=O)(=O)N[C@H]1CCCOC1.[HH].c1ccc(-c2ccccc2)cc1. The second-order valence-corrected chi connectivity index (χ2v) is 8.63. The molecule has 0 radical (unpaired) electrons. The van der Waals surface area contributed by atoms with Gasteiger partial charge in [-0.3, -0.25) is 0 Å². The summed E-state index contributed by atoms with van der Waals surface area (Å²) in [6, 6.07) is 20.8. The molecule has 4 nitrogen and oxygen atoms in total. The molecule has 0 spiro atoms. The number of nitrogens with one attached hydrogen (secondary N) is 1. The second-order valence-electron chi connectivity index (χ2n) is 6.36. The fourth-order valence-corrected chi connectivity index (χ4v) is 3.39. The minimum absolute atomic E-state index is 0. The van der Waals surface area contributed by atoms with E-state index in [1.807, 2.05) is 12.1 Å². The summed E-state index contributed by atoms with van der Waals surface area (Å²) in [6.45, 7) is 4.60. The summed E-state index contributed by atoms with van der Waals surface area (Å²) >= 11 is 0. The minimum Gasteiger partial charge on any atom is -0.380 e. The molecule has 2 aromatic rings. The molecule has 0 aliphatic carbocycles. The first-order chi connectivity index (χ1) is 12.0. The van der Waals surface area contributed by atoms with Crippen molar-refractivity contribution in [3.63, 3.8) is 0 Å². The molecule has 0 saturated carbocycles. The summed E-state index contributed by atoms with van der Waals surface area (Å²) < 4.78 is 30.7. The van der Waals surface area contributed by atoms with Gasteiger partial charge in [0.2, 0.25) is 10.0 Å². The van der Waals surface area contributed by atoms with Gasteiger partial charge in [-0.15, -0.1) is 0 Å². The van der Waals surface area contributed by atoms with Crippen LogP contribution in [0, 0.1) is 0 Å². The van der Waals surface area contributed by atoms with Crippen LogP contribution < -0.4 is 4.72 Å². The predicted octanol–water partition coefficient (Wildman–Crippen LogP) is 4.09. The lowest BCUT2D eigenvalue weighted by Gasteiger charge is -2.23. The molecule has 1 N–H and O–H groups in total. The summed E-state index contributed by atoms with van der Waals surface area (Å²) in [4.78, 5) is 0. The van der Waals surface area contributed by atoms with Gasteiger partial charge in [0, 0.05) is 14.1 Å². The zero-order chi connectivity index (χ0) is 18.1. The van der Waals surface area contributed by atoms with Gasteiger partial charge in [-0.05, 0) is 37.8 Å². The molecular weight excluding hydrogens is 334 g/mol. The predicted molar refractivity (Wildman–Crippen MR) is 105 cm³/mol. The van der Waals surface area contributed by atoms with Gasteiger partial charge >= 0.3 is 0 Å². The average molecular weight is 364 g/mol. The Kier molecular flexibility index (Phi) is 7.62. The lowest BCUT2D eigenvalue weighted by molar-refractivity contribution is 0.0773. The summed E-state index contributed by atoms with van der Waals surface area (Å²) in [5, 5.41) is -0.366. The summed E-state index contributed by atoms with van der Waals surface area (Å²) in [5.74, 6) is 0. The first-order valence-electron chi connectivity index (χ1n) is 8.68. The van der Waals surface area contributed by atoms with Gasteiger partial charge in [0.1, 0.15) is 0 Å². The molecule has 25 heavy (non-hydrogen) atoms. The normalized spacial score (nSPS) is 17.6. The molecule has 0 amide bonds. The molecule has 0 bridgehead atoms. The van der Waals surface area contributed by atoms with Gasteiger partial charge in [-0.1, -0.05) is 60.7 Å². The Hall–Kier alpha value is -1.69.